The first-order valence-electron chi connectivity index (χ1n) is 5.27. The highest BCUT2D eigenvalue weighted by Crippen LogP contribution is 2.11. The predicted molar refractivity (Wildman–Crippen MR) is 64.9 cm³/mol. The lowest BCUT2D eigenvalue weighted by Gasteiger charge is -2.01. The van der Waals surface area contributed by atoms with E-state index in [1.54, 1.807) is 24.3 Å². The molecule has 0 saturated heterocycles. The van der Waals surface area contributed by atoms with Crippen LogP contribution in [0, 0.1) is 11.3 Å². The highest BCUT2D eigenvalue weighted by Gasteiger charge is 2.10. The topological polar surface area (TPSA) is 87.6 Å². The second kappa shape index (κ2) is 4.18. The van der Waals surface area contributed by atoms with E-state index in [4.69, 9.17) is 11.0 Å². The monoisotopic (exact) mass is 228 g/mol. The van der Waals surface area contributed by atoms with Crippen LogP contribution >= 0.6 is 0 Å². The van der Waals surface area contributed by atoms with Gasteiger partial charge in [0.1, 0.15) is 5.69 Å². The van der Waals surface area contributed by atoms with E-state index in [9.17, 15) is 4.79 Å². The number of rotatable bonds is 2. The van der Waals surface area contributed by atoms with Crippen LogP contribution in [0.3, 0.4) is 0 Å². The van der Waals surface area contributed by atoms with Crippen molar-refractivity contribution in [1.29, 1.82) is 5.26 Å². The van der Waals surface area contributed by atoms with E-state index in [1.165, 1.54) is 4.68 Å². The van der Waals surface area contributed by atoms with Gasteiger partial charge in [-0.3, -0.25) is 9.89 Å². The van der Waals surface area contributed by atoms with Gasteiger partial charge in [0.2, 0.25) is 0 Å². The second-order valence-electron chi connectivity index (χ2n) is 3.66. The summed E-state index contributed by atoms with van der Waals surface area (Å²) >= 11 is 0. The summed E-state index contributed by atoms with van der Waals surface area (Å²) in [5, 5.41) is 11.7. The third-order valence-electron chi connectivity index (χ3n) is 2.59. The van der Waals surface area contributed by atoms with Crippen LogP contribution in [0.1, 0.15) is 18.2 Å². The number of nitrogen functional groups attached to an aromatic ring is 1. The van der Waals surface area contributed by atoms with Crippen LogP contribution in [-0.2, 0) is 6.42 Å². The minimum Gasteiger partial charge on any atom is -0.393 e. The van der Waals surface area contributed by atoms with Gasteiger partial charge in [0.25, 0.3) is 5.56 Å². The lowest BCUT2D eigenvalue weighted by Crippen LogP contribution is -2.16. The largest absolute Gasteiger partial charge is 0.393 e. The Labute approximate surface area is 98.1 Å². The molecule has 0 amide bonds. The van der Waals surface area contributed by atoms with Crippen LogP contribution < -0.4 is 11.3 Å². The molecule has 3 N–H and O–H groups in total. The summed E-state index contributed by atoms with van der Waals surface area (Å²) in [6.45, 7) is 1.91. The Morgan fingerprint density at radius 3 is 2.88 bits per heavy atom. The molecule has 0 bridgehead atoms. The summed E-state index contributed by atoms with van der Waals surface area (Å²) in [5.74, 6) is 0. The molecular weight excluding hydrogens is 216 g/mol. The Kier molecular flexibility index (Phi) is 2.71. The van der Waals surface area contributed by atoms with E-state index in [0.717, 1.165) is 0 Å². The van der Waals surface area contributed by atoms with E-state index < -0.39 is 0 Å². The van der Waals surface area contributed by atoms with Gasteiger partial charge in [0.05, 0.1) is 23.0 Å². The molecule has 5 heteroatoms. The van der Waals surface area contributed by atoms with Gasteiger partial charge < -0.3 is 5.73 Å². The summed E-state index contributed by atoms with van der Waals surface area (Å²) in [6, 6.07) is 8.82. The molecule has 0 spiro atoms. The Morgan fingerprint density at radius 2 is 2.29 bits per heavy atom. The molecule has 86 valence electrons. The van der Waals surface area contributed by atoms with Crippen molar-refractivity contribution in [2.75, 3.05) is 5.73 Å². The summed E-state index contributed by atoms with van der Waals surface area (Å²) < 4.78 is 1.36. The smallest absolute Gasteiger partial charge is 0.294 e. The second-order valence-corrected chi connectivity index (χ2v) is 3.66. The third kappa shape index (κ3) is 1.81. The maximum atomic E-state index is 11.9. The fourth-order valence-electron chi connectivity index (χ4n) is 1.66. The van der Waals surface area contributed by atoms with Crippen LogP contribution in [0.25, 0.3) is 5.69 Å². The number of nitriles is 1. The summed E-state index contributed by atoms with van der Waals surface area (Å²) in [5.41, 5.74) is 7.46. The van der Waals surface area contributed by atoms with E-state index in [0.29, 0.717) is 23.4 Å². The maximum Gasteiger partial charge on any atom is 0.294 e. The molecule has 17 heavy (non-hydrogen) atoms. The number of aromatic nitrogens is 2. The molecule has 0 saturated carbocycles. The Balaban J connectivity index is 2.61. The maximum absolute atomic E-state index is 11.9. The summed E-state index contributed by atoms with van der Waals surface area (Å²) in [7, 11) is 0. The number of nitrogens with two attached hydrogens (primary N) is 1. The van der Waals surface area contributed by atoms with Gasteiger partial charge >= 0.3 is 0 Å². The number of nitrogens with zero attached hydrogens (tertiary/aromatic N) is 2. The quantitative estimate of drug-likeness (QED) is 0.809. The van der Waals surface area contributed by atoms with Crippen molar-refractivity contribution in [2.45, 2.75) is 13.3 Å². The van der Waals surface area contributed by atoms with Crippen molar-refractivity contribution in [3.63, 3.8) is 0 Å². The van der Waals surface area contributed by atoms with Crippen molar-refractivity contribution >= 4 is 5.69 Å². The third-order valence-corrected chi connectivity index (χ3v) is 2.59. The Hall–Kier alpha value is -2.48. The molecule has 0 aliphatic rings. The first-order valence-corrected chi connectivity index (χ1v) is 5.27. The number of hydrogen-bond acceptors (Lipinski definition) is 3. The van der Waals surface area contributed by atoms with Crippen LogP contribution in [0.5, 0.6) is 0 Å². The SMILES string of the molecule is CCc1[nH]n(-c2cccc(C#N)c2)c(=O)c1N. The van der Waals surface area contributed by atoms with Crippen molar-refractivity contribution in [3.8, 4) is 11.8 Å². The lowest BCUT2D eigenvalue weighted by molar-refractivity contribution is 0.819. The minimum absolute atomic E-state index is 0.231. The van der Waals surface area contributed by atoms with Gasteiger partial charge in [-0.25, -0.2) is 4.68 Å². The zero-order chi connectivity index (χ0) is 12.4. The number of aryl methyl sites for hydroxylation is 1. The van der Waals surface area contributed by atoms with Crippen LogP contribution in [-0.4, -0.2) is 9.78 Å². The number of H-pyrrole nitrogens is 1. The molecule has 5 nitrogen and oxygen atoms in total. The van der Waals surface area contributed by atoms with Crippen LogP contribution in [0.15, 0.2) is 29.1 Å². The molecule has 0 aliphatic carbocycles. The zero-order valence-electron chi connectivity index (χ0n) is 9.40. The average Bonchev–Trinajstić information content (AvgIpc) is 2.66. The molecule has 0 radical (unpaired) electrons. The van der Waals surface area contributed by atoms with Crippen molar-refractivity contribution in [2.24, 2.45) is 0 Å². The van der Waals surface area contributed by atoms with E-state index >= 15 is 0 Å². The molecule has 2 aromatic rings. The molecule has 2 rings (SSSR count). The number of nitrogens with one attached hydrogen (secondary N) is 1. The van der Waals surface area contributed by atoms with E-state index in [1.807, 2.05) is 13.0 Å². The molecule has 1 aromatic carbocycles. The van der Waals surface area contributed by atoms with Crippen molar-refractivity contribution in [1.82, 2.24) is 9.78 Å². The number of benzene rings is 1. The van der Waals surface area contributed by atoms with Gasteiger partial charge in [-0.1, -0.05) is 13.0 Å². The number of aromatic amines is 1. The fraction of sp³-hybridized carbons (Fsp3) is 0.167. The highest BCUT2D eigenvalue weighted by atomic mass is 16.1. The van der Waals surface area contributed by atoms with E-state index in [-0.39, 0.29) is 11.2 Å². The van der Waals surface area contributed by atoms with E-state index in [2.05, 4.69) is 5.10 Å². The predicted octanol–water partition coefficient (Wildman–Crippen LogP) is 1.18. The first-order chi connectivity index (χ1) is 8.17. The summed E-state index contributed by atoms with van der Waals surface area (Å²) in [6.07, 6.45) is 0.659. The molecule has 0 aliphatic heterocycles. The van der Waals surface area contributed by atoms with Crippen molar-refractivity contribution < 1.29 is 0 Å². The summed E-state index contributed by atoms with van der Waals surface area (Å²) in [4.78, 5) is 11.9. The van der Waals surface area contributed by atoms with Crippen LogP contribution in [0.2, 0.25) is 0 Å². The van der Waals surface area contributed by atoms with Gasteiger partial charge in [0.15, 0.2) is 0 Å². The van der Waals surface area contributed by atoms with Gasteiger partial charge in [-0.15, -0.1) is 0 Å². The Bertz CT molecular complexity index is 645. The molecular formula is C12H12N4O. The molecule has 0 fully saturated rings. The average molecular weight is 228 g/mol. The Morgan fingerprint density at radius 1 is 1.53 bits per heavy atom. The molecule has 1 heterocycles. The highest BCUT2D eigenvalue weighted by molar-refractivity contribution is 5.46. The van der Waals surface area contributed by atoms with Crippen molar-refractivity contribution in [3.05, 3.63) is 45.9 Å². The normalized spacial score (nSPS) is 10.1. The molecule has 0 atom stereocenters. The zero-order valence-corrected chi connectivity index (χ0v) is 9.40. The lowest BCUT2D eigenvalue weighted by atomic mass is 10.2. The number of anilines is 1. The first kappa shape index (κ1) is 11.0. The van der Waals surface area contributed by atoms with Crippen LogP contribution in [0.4, 0.5) is 5.69 Å². The van der Waals surface area contributed by atoms with Gasteiger partial charge in [0, 0.05) is 0 Å². The molecule has 1 aromatic heterocycles. The van der Waals surface area contributed by atoms with Gasteiger partial charge in [-0.2, -0.15) is 5.26 Å². The fourth-order valence-corrected chi connectivity index (χ4v) is 1.66. The van der Waals surface area contributed by atoms with Gasteiger partial charge in [-0.05, 0) is 24.6 Å². The standard InChI is InChI=1S/C12H12N4O/c1-2-10-11(14)12(17)16(15-10)9-5-3-4-8(6-9)7-13/h3-6,15H,2,14H2,1H3. The molecule has 0 unspecified atom stereocenters. The minimum atomic E-state index is -0.281. The number of hydrogen-bond donors (Lipinski definition) is 2.